The smallest absolute Gasteiger partial charge is 0.0947 e. The van der Waals surface area contributed by atoms with Crippen LogP contribution in [-0.2, 0) is 4.74 Å². The van der Waals surface area contributed by atoms with E-state index in [9.17, 15) is 0 Å². The summed E-state index contributed by atoms with van der Waals surface area (Å²) in [7, 11) is 0. The van der Waals surface area contributed by atoms with E-state index in [1.54, 1.807) is 0 Å². The van der Waals surface area contributed by atoms with Gasteiger partial charge in [0, 0.05) is 11.0 Å². The van der Waals surface area contributed by atoms with E-state index in [4.69, 9.17) is 4.74 Å². The van der Waals surface area contributed by atoms with E-state index in [2.05, 4.69) is 36.1 Å². The molecule has 0 saturated heterocycles. The van der Waals surface area contributed by atoms with E-state index in [-0.39, 0.29) is 5.60 Å². The highest BCUT2D eigenvalue weighted by atomic mass is 127. The Morgan fingerprint density at radius 3 is 2.30 bits per heavy atom. The van der Waals surface area contributed by atoms with Gasteiger partial charge in [-0.05, 0) is 26.3 Å². The first-order valence-corrected chi connectivity index (χ1v) is 4.95. The van der Waals surface area contributed by atoms with E-state index >= 15 is 0 Å². The van der Waals surface area contributed by atoms with Gasteiger partial charge in [-0.15, -0.1) is 0 Å². The zero-order chi connectivity index (χ0) is 8.20. The Labute approximate surface area is 77.0 Å². The molecular formula is C8H15IO. The largest absolute Gasteiger partial charge is 0.370 e. The number of halogens is 1. The Morgan fingerprint density at radius 2 is 2.20 bits per heavy atom. The average Bonchev–Trinajstić information content (AvgIpc) is 1.88. The Bertz CT molecular complexity index is 122. The number of ether oxygens (including phenoxy) is 1. The highest BCUT2D eigenvalue weighted by Crippen LogP contribution is 2.21. The van der Waals surface area contributed by atoms with Gasteiger partial charge in [0.15, 0.2) is 0 Å². The lowest BCUT2D eigenvalue weighted by Gasteiger charge is -2.27. The van der Waals surface area contributed by atoms with Crippen LogP contribution in [0.1, 0.15) is 20.8 Å². The van der Waals surface area contributed by atoms with Crippen molar-refractivity contribution < 1.29 is 4.74 Å². The molecule has 0 bridgehead atoms. The van der Waals surface area contributed by atoms with Gasteiger partial charge < -0.3 is 4.74 Å². The first-order chi connectivity index (χ1) is 4.56. The molecule has 0 rings (SSSR count). The molecule has 0 radical (unpaired) electrons. The minimum absolute atomic E-state index is 0.116. The molecule has 1 nitrogen and oxygen atoms in total. The maximum absolute atomic E-state index is 5.53. The van der Waals surface area contributed by atoms with Crippen LogP contribution in [0.2, 0.25) is 0 Å². The maximum Gasteiger partial charge on any atom is 0.0947 e. The van der Waals surface area contributed by atoms with Crippen molar-refractivity contribution in [3.63, 3.8) is 0 Å². The zero-order valence-electron chi connectivity index (χ0n) is 6.91. The van der Waals surface area contributed by atoms with Crippen molar-refractivity contribution in [1.82, 2.24) is 0 Å². The second kappa shape index (κ2) is 4.34. The van der Waals surface area contributed by atoms with Gasteiger partial charge in [0.2, 0.25) is 0 Å². The number of hydrogen-bond acceptors (Lipinski definition) is 1. The molecular weight excluding hydrogens is 239 g/mol. The molecule has 0 spiro atoms. The second-order valence-corrected chi connectivity index (χ2v) is 3.34. The van der Waals surface area contributed by atoms with Crippen molar-refractivity contribution in [3.8, 4) is 0 Å². The fourth-order valence-corrected chi connectivity index (χ4v) is 1.47. The molecule has 0 saturated carbocycles. The fraction of sp³-hybridized carbons (Fsp3) is 0.750. The Balaban J connectivity index is 4.08. The standard InChI is InChI=1S/C8H15IO/c1-5-10-8(4,6-9)7(2)3/h2,5-6H2,1,3-4H3. The number of hydrogen-bond donors (Lipinski definition) is 0. The van der Waals surface area contributed by atoms with Crippen molar-refractivity contribution in [1.29, 1.82) is 0 Å². The van der Waals surface area contributed by atoms with Crippen LogP contribution in [-0.4, -0.2) is 16.6 Å². The third-order valence-corrected chi connectivity index (χ3v) is 3.08. The van der Waals surface area contributed by atoms with Gasteiger partial charge in [-0.1, -0.05) is 29.2 Å². The quantitative estimate of drug-likeness (QED) is 0.426. The van der Waals surface area contributed by atoms with Gasteiger partial charge in [0.25, 0.3) is 0 Å². The molecule has 0 aromatic rings. The number of alkyl halides is 1. The molecule has 0 fully saturated rings. The van der Waals surface area contributed by atoms with Crippen LogP contribution >= 0.6 is 22.6 Å². The molecule has 0 N–H and O–H groups in total. The zero-order valence-corrected chi connectivity index (χ0v) is 9.07. The molecule has 2 heteroatoms. The summed E-state index contributed by atoms with van der Waals surface area (Å²) in [6.07, 6.45) is 0. The molecule has 0 heterocycles. The van der Waals surface area contributed by atoms with Crippen LogP contribution in [0.15, 0.2) is 12.2 Å². The predicted octanol–water partition coefficient (Wildman–Crippen LogP) is 2.79. The van der Waals surface area contributed by atoms with Gasteiger partial charge >= 0.3 is 0 Å². The van der Waals surface area contributed by atoms with Gasteiger partial charge in [-0.25, -0.2) is 0 Å². The van der Waals surface area contributed by atoms with Crippen LogP contribution in [0.4, 0.5) is 0 Å². The molecule has 1 atom stereocenters. The minimum Gasteiger partial charge on any atom is -0.370 e. The minimum atomic E-state index is -0.116. The van der Waals surface area contributed by atoms with Crippen LogP contribution in [0, 0.1) is 0 Å². The molecule has 0 aromatic carbocycles. The second-order valence-electron chi connectivity index (χ2n) is 2.58. The van der Waals surface area contributed by atoms with Gasteiger partial charge in [-0.2, -0.15) is 0 Å². The van der Waals surface area contributed by atoms with Crippen molar-refractivity contribution in [2.24, 2.45) is 0 Å². The maximum atomic E-state index is 5.53. The summed E-state index contributed by atoms with van der Waals surface area (Å²) in [6, 6.07) is 0. The number of rotatable bonds is 4. The first-order valence-electron chi connectivity index (χ1n) is 3.42. The summed E-state index contributed by atoms with van der Waals surface area (Å²) in [5, 5.41) is 0. The van der Waals surface area contributed by atoms with Crippen molar-refractivity contribution in [3.05, 3.63) is 12.2 Å². The first kappa shape index (κ1) is 10.4. The summed E-state index contributed by atoms with van der Waals surface area (Å²) < 4.78 is 6.50. The highest BCUT2D eigenvalue weighted by molar-refractivity contribution is 14.1. The molecule has 0 aliphatic carbocycles. The summed E-state index contributed by atoms with van der Waals surface area (Å²) in [5.74, 6) is 0. The van der Waals surface area contributed by atoms with Crippen LogP contribution < -0.4 is 0 Å². The Hall–Kier alpha value is 0.430. The summed E-state index contributed by atoms with van der Waals surface area (Å²) in [5.41, 5.74) is 0.985. The Morgan fingerprint density at radius 1 is 1.70 bits per heavy atom. The summed E-state index contributed by atoms with van der Waals surface area (Å²) >= 11 is 2.32. The van der Waals surface area contributed by atoms with Crippen LogP contribution in [0.3, 0.4) is 0 Å². The van der Waals surface area contributed by atoms with Gasteiger partial charge in [0.05, 0.1) is 5.60 Å². The predicted molar refractivity (Wildman–Crippen MR) is 53.7 cm³/mol. The Kier molecular flexibility index (Phi) is 4.52. The third kappa shape index (κ3) is 2.58. The normalized spacial score (nSPS) is 16.4. The monoisotopic (exact) mass is 254 g/mol. The molecule has 0 aliphatic heterocycles. The lowest BCUT2D eigenvalue weighted by molar-refractivity contribution is 0.0257. The molecule has 60 valence electrons. The van der Waals surface area contributed by atoms with E-state index < -0.39 is 0 Å². The molecule has 10 heavy (non-hydrogen) atoms. The summed E-state index contributed by atoms with van der Waals surface area (Å²) in [6.45, 7) is 10.7. The van der Waals surface area contributed by atoms with E-state index in [0.29, 0.717) is 0 Å². The molecule has 0 amide bonds. The van der Waals surface area contributed by atoms with E-state index in [1.165, 1.54) is 0 Å². The topological polar surface area (TPSA) is 9.23 Å². The van der Waals surface area contributed by atoms with Crippen molar-refractivity contribution in [2.45, 2.75) is 26.4 Å². The fourth-order valence-electron chi connectivity index (χ4n) is 0.594. The van der Waals surface area contributed by atoms with Gasteiger partial charge in [-0.3, -0.25) is 0 Å². The van der Waals surface area contributed by atoms with Crippen LogP contribution in [0.25, 0.3) is 0 Å². The lowest BCUT2D eigenvalue weighted by Crippen LogP contribution is -2.31. The van der Waals surface area contributed by atoms with E-state index in [1.807, 2.05) is 13.8 Å². The third-order valence-electron chi connectivity index (χ3n) is 1.62. The molecule has 0 aromatic heterocycles. The SMILES string of the molecule is C=C(C)C(C)(CI)OCC. The van der Waals surface area contributed by atoms with Crippen LogP contribution in [0.5, 0.6) is 0 Å². The molecule has 0 aliphatic rings. The summed E-state index contributed by atoms with van der Waals surface area (Å²) in [4.78, 5) is 0. The molecule has 1 unspecified atom stereocenters. The average molecular weight is 254 g/mol. The van der Waals surface area contributed by atoms with Crippen molar-refractivity contribution in [2.75, 3.05) is 11.0 Å². The van der Waals surface area contributed by atoms with Gasteiger partial charge in [0.1, 0.15) is 0 Å². The van der Waals surface area contributed by atoms with E-state index in [0.717, 1.165) is 16.6 Å². The lowest BCUT2D eigenvalue weighted by atomic mass is 10.0. The highest BCUT2D eigenvalue weighted by Gasteiger charge is 2.23. The van der Waals surface area contributed by atoms with Crippen molar-refractivity contribution >= 4 is 22.6 Å².